The van der Waals surface area contributed by atoms with Gasteiger partial charge in [0.15, 0.2) is 23.4 Å². The summed E-state index contributed by atoms with van der Waals surface area (Å²) in [6.45, 7) is 3.49. The molecule has 0 amide bonds. The molecule has 1 aromatic carbocycles. The summed E-state index contributed by atoms with van der Waals surface area (Å²) in [6.07, 6.45) is 5.16. The summed E-state index contributed by atoms with van der Waals surface area (Å²) in [5, 5.41) is 9.40. The summed E-state index contributed by atoms with van der Waals surface area (Å²) in [7, 11) is 0. The maximum atomic E-state index is 11.5. The van der Waals surface area contributed by atoms with Crippen LogP contribution in [0.25, 0.3) is 0 Å². The highest BCUT2D eigenvalue weighted by atomic mass is 16.5. The van der Waals surface area contributed by atoms with Crippen LogP contribution >= 0.6 is 0 Å². The first-order valence-electron chi connectivity index (χ1n) is 7.68. The van der Waals surface area contributed by atoms with Crippen LogP contribution in [0.4, 0.5) is 0 Å². The molecule has 1 aliphatic carbocycles. The van der Waals surface area contributed by atoms with Gasteiger partial charge in [-0.1, -0.05) is 6.92 Å². The lowest BCUT2D eigenvalue weighted by Crippen LogP contribution is -2.35. The van der Waals surface area contributed by atoms with Gasteiger partial charge >= 0.3 is 5.97 Å². The zero-order chi connectivity index (χ0) is 15.9. The number of carboxylic acid groups (broad SMARTS) is 1. The van der Waals surface area contributed by atoms with Gasteiger partial charge in [-0.05, 0) is 44.7 Å². The summed E-state index contributed by atoms with van der Waals surface area (Å²) in [4.78, 5) is 22.9. The molecule has 1 fully saturated rings. The molecule has 1 heterocycles. The molecule has 22 heavy (non-hydrogen) atoms. The van der Waals surface area contributed by atoms with Crippen molar-refractivity contribution in [1.82, 2.24) is 0 Å². The first-order chi connectivity index (χ1) is 10.5. The molecule has 1 saturated carbocycles. The third-order valence-electron chi connectivity index (χ3n) is 4.83. The van der Waals surface area contributed by atoms with Crippen LogP contribution in [0.15, 0.2) is 12.1 Å². The largest absolute Gasteiger partial charge is 0.487 e. The number of carbonyl (C=O) groups is 2. The number of rotatable bonds is 4. The maximum absolute atomic E-state index is 11.5. The van der Waals surface area contributed by atoms with Crippen LogP contribution in [0, 0.1) is 0 Å². The first-order valence-corrected chi connectivity index (χ1v) is 7.68. The lowest BCUT2D eigenvalue weighted by Gasteiger charge is -2.21. The van der Waals surface area contributed by atoms with Gasteiger partial charge in [-0.25, -0.2) is 4.79 Å². The molecule has 118 valence electrons. The molecule has 1 aliphatic heterocycles. The van der Waals surface area contributed by atoms with E-state index < -0.39 is 11.6 Å². The Morgan fingerprint density at radius 3 is 2.68 bits per heavy atom. The summed E-state index contributed by atoms with van der Waals surface area (Å²) < 4.78 is 11.8. The van der Waals surface area contributed by atoms with Crippen molar-refractivity contribution in [2.45, 2.75) is 57.2 Å². The highest BCUT2D eigenvalue weighted by Crippen LogP contribution is 2.50. The SMILES string of the molecule is CC1c2c(C(=O)O)ccc(OC3CCCC3)c2OC1(C)C=O. The van der Waals surface area contributed by atoms with Crippen LogP contribution in [0.3, 0.4) is 0 Å². The predicted molar refractivity (Wildman–Crippen MR) is 79.8 cm³/mol. The molecular weight excluding hydrogens is 284 g/mol. The van der Waals surface area contributed by atoms with E-state index in [1.54, 1.807) is 19.1 Å². The monoisotopic (exact) mass is 304 g/mol. The molecule has 1 aromatic rings. The van der Waals surface area contributed by atoms with Gasteiger partial charge in [0.2, 0.25) is 0 Å². The van der Waals surface area contributed by atoms with E-state index in [1.807, 2.05) is 6.92 Å². The third kappa shape index (κ3) is 2.25. The Hall–Kier alpha value is -2.04. The Balaban J connectivity index is 2.05. The molecule has 0 spiro atoms. The molecule has 0 radical (unpaired) electrons. The van der Waals surface area contributed by atoms with E-state index in [0.717, 1.165) is 32.0 Å². The van der Waals surface area contributed by atoms with Crippen molar-refractivity contribution in [2.75, 3.05) is 0 Å². The fourth-order valence-electron chi connectivity index (χ4n) is 3.30. The van der Waals surface area contributed by atoms with Crippen molar-refractivity contribution in [3.05, 3.63) is 23.3 Å². The van der Waals surface area contributed by atoms with Crippen molar-refractivity contribution < 1.29 is 24.2 Å². The van der Waals surface area contributed by atoms with Crippen LogP contribution in [0.2, 0.25) is 0 Å². The Labute approximate surface area is 129 Å². The fraction of sp³-hybridized carbons (Fsp3) is 0.529. The zero-order valence-corrected chi connectivity index (χ0v) is 12.8. The molecule has 3 rings (SSSR count). The van der Waals surface area contributed by atoms with Crippen LogP contribution in [0.5, 0.6) is 11.5 Å². The quantitative estimate of drug-likeness (QED) is 0.865. The van der Waals surface area contributed by atoms with Gasteiger partial charge in [-0.2, -0.15) is 0 Å². The van der Waals surface area contributed by atoms with Crippen LogP contribution in [-0.4, -0.2) is 29.1 Å². The number of ether oxygens (including phenoxy) is 2. The molecule has 2 aliphatic rings. The number of aldehydes is 1. The Kier molecular flexibility index (Phi) is 3.59. The van der Waals surface area contributed by atoms with Crippen LogP contribution < -0.4 is 9.47 Å². The lowest BCUT2D eigenvalue weighted by molar-refractivity contribution is -0.120. The van der Waals surface area contributed by atoms with E-state index in [1.165, 1.54) is 0 Å². The van der Waals surface area contributed by atoms with Gasteiger partial charge in [0.05, 0.1) is 11.7 Å². The highest BCUT2D eigenvalue weighted by molar-refractivity contribution is 5.92. The normalized spacial score (nSPS) is 27.3. The second kappa shape index (κ2) is 5.30. The first kappa shape index (κ1) is 14.9. The molecule has 0 bridgehead atoms. The van der Waals surface area contributed by atoms with E-state index in [9.17, 15) is 14.7 Å². The van der Waals surface area contributed by atoms with Crippen LogP contribution in [-0.2, 0) is 4.79 Å². The van der Waals surface area contributed by atoms with Crippen molar-refractivity contribution >= 4 is 12.3 Å². The molecule has 0 aromatic heterocycles. The number of fused-ring (bicyclic) bond motifs is 1. The second-order valence-corrected chi connectivity index (χ2v) is 6.31. The minimum atomic E-state index is -1.05. The van der Waals surface area contributed by atoms with E-state index in [-0.39, 0.29) is 17.6 Å². The second-order valence-electron chi connectivity index (χ2n) is 6.31. The number of hydrogen-bond acceptors (Lipinski definition) is 4. The van der Waals surface area contributed by atoms with Gasteiger partial charge in [0.1, 0.15) is 0 Å². The van der Waals surface area contributed by atoms with Gasteiger partial charge in [-0.15, -0.1) is 0 Å². The standard InChI is InChI=1S/C17H20O5/c1-10-14-12(16(19)20)7-8-13(21-11-5-3-4-6-11)15(14)22-17(10,2)9-18/h7-11H,3-6H2,1-2H3,(H,19,20). The smallest absolute Gasteiger partial charge is 0.336 e. The number of carbonyl (C=O) groups excluding carboxylic acids is 1. The third-order valence-corrected chi connectivity index (χ3v) is 4.83. The van der Waals surface area contributed by atoms with E-state index in [0.29, 0.717) is 17.1 Å². The van der Waals surface area contributed by atoms with Crippen molar-refractivity contribution in [1.29, 1.82) is 0 Å². The average molecular weight is 304 g/mol. The minimum absolute atomic E-state index is 0.141. The van der Waals surface area contributed by atoms with Crippen molar-refractivity contribution in [3.63, 3.8) is 0 Å². The Bertz CT molecular complexity index is 618. The van der Waals surface area contributed by atoms with Gasteiger partial charge in [-0.3, -0.25) is 4.79 Å². The average Bonchev–Trinajstić information content (AvgIpc) is 3.08. The molecule has 5 heteroatoms. The molecule has 2 unspecified atom stereocenters. The summed E-state index contributed by atoms with van der Waals surface area (Å²) in [6, 6.07) is 3.19. The predicted octanol–water partition coefficient (Wildman–Crippen LogP) is 3.16. The molecule has 2 atom stereocenters. The Morgan fingerprint density at radius 1 is 1.41 bits per heavy atom. The molecule has 0 saturated heterocycles. The maximum Gasteiger partial charge on any atom is 0.336 e. The highest BCUT2D eigenvalue weighted by Gasteiger charge is 2.46. The van der Waals surface area contributed by atoms with Gasteiger partial charge < -0.3 is 14.6 Å². The van der Waals surface area contributed by atoms with Gasteiger partial charge in [0, 0.05) is 11.5 Å². The molecular formula is C17H20O5. The Morgan fingerprint density at radius 2 is 2.09 bits per heavy atom. The van der Waals surface area contributed by atoms with Crippen molar-refractivity contribution in [2.24, 2.45) is 0 Å². The topological polar surface area (TPSA) is 72.8 Å². The lowest BCUT2D eigenvalue weighted by atomic mass is 9.85. The number of hydrogen-bond donors (Lipinski definition) is 1. The van der Waals surface area contributed by atoms with Crippen molar-refractivity contribution in [3.8, 4) is 11.5 Å². The van der Waals surface area contributed by atoms with E-state index in [2.05, 4.69) is 0 Å². The van der Waals surface area contributed by atoms with E-state index >= 15 is 0 Å². The molecule has 1 N–H and O–H groups in total. The summed E-state index contributed by atoms with van der Waals surface area (Å²) in [5.74, 6) is -0.397. The number of aromatic carboxylic acids is 1. The van der Waals surface area contributed by atoms with E-state index in [4.69, 9.17) is 9.47 Å². The van der Waals surface area contributed by atoms with Gasteiger partial charge in [0.25, 0.3) is 0 Å². The summed E-state index contributed by atoms with van der Waals surface area (Å²) in [5.41, 5.74) is -0.328. The fourth-order valence-corrected chi connectivity index (χ4v) is 3.30. The number of carboxylic acids is 1. The zero-order valence-electron chi connectivity index (χ0n) is 12.8. The minimum Gasteiger partial charge on any atom is -0.487 e. The summed E-state index contributed by atoms with van der Waals surface area (Å²) >= 11 is 0. The molecule has 5 nitrogen and oxygen atoms in total. The van der Waals surface area contributed by atoms with Crippen LogP contribution in [0.1, 0.15) is 61.4 Å². The number of benzene rings is 1.